The molecule has 11 unspecified atom stereocenters. The van der Waals surface area contributed by atoms with E-state index in [0.717, 1.165) is 6.92 Å². The van der Waals surface area contributed by atoms with Crippen molar-refractivity contribution >= 4 is 112 Å². The number of aromatic amines is 1. The number of carboxylic acids is 2. The van der Waals surface area contributed by atoms with Gasteiger partial charge in [0.25, 0.3) is 5.97 Å². The summed E-state index contributed by atoms with van der Waals surface area (Å²) >= 11 is 0. The van der Waals surface area contributed by atoms with Crippen molar-refractivity contribution in [1.82, 2.24) is 79.4 Å². The third-order valence-electron chi connectivity index (χ3n) is 15.9. The van der Waals surface area contributed by atoms with Crippen LogP contribution in [0.4, 0.5) is 0 Å². The summed E-state index contributed by atoms with van der Waals surface area (Å²) in [4.78, 5) is 216. The fourth-order valence-electron chi connectivity index (χ4n) is 10.3. The van der Waals surface area contributed by atoms with Crippen molar-refractivity contribution in [2.75, 3.05) is 59.1 Å². The van der Waals surface area contributed by atoms with Crippen LogP contribution in [0.15, 0.2) is 65.8 Å². The molecule has 0 aliphatic rings. The average molecular weight is 1550 g/mol. The quantitative estimate of drug-likeness (QED) is 0.0142. The molecule has 0 spiro atoms. The van der Waals surface area contributed by atoms with Crippen molar-refractivity contribution in [1.29, 1.82) is 0 Å². The van der Waals surface area contributed by atoms with Crippen molar-refractivity contribution in [2.24, 2.45) is 39.8 Å². The first kappa shape index (κ1) is 94.6. The van der Waals surface area contributed by atoms with E-state index in [-0.39, 0.29) is 69.3 Å². The second-order valence-electron chi connectivity index (χ2n) is 26.3. The molecule has 0 fully saturated rings. The van der Waals surface area contributed by atoms with E-state index >= 15 is 0 Å². The lowest BCUT2D eigenvalue weighted by molar-refractivity contribution is -0.141. The smallest absolute Gasteiger partial charge is 0.325 e. The van der Waals surface area contributed by atoms with Crippen LogP contribution in [0.5, 0.6) is 0 Å². The summed E-state index contributed by atoms with van der Waals surface area (Å²) in [7, 11) is 0. The molecule has 110 heavy (non-hydrogen) atoms. The van der Waals surface area contributed by atoms with Gasteiger partial charge in [0.05, 0.1) is 46.0 Å². The zero-order valence-electron chi connectivity index (χ0n) is 62.5. The maximum atomic E-state index is 14.2. The lowest BCUT2D eigenvalue weighted by atomic mass is 10.0. The predicted molar refractivity (Wildman–Crippen MR) is 397 cm³/mol. The molecule has 1 heterocycles. The van der Waals surface area contributed by atoms with Gasteiger partial charge in [-0.25, -0.2) is 0 Å². The molecular formula is C69H108N20O21. The SMILES string of the molecule is CC(=O)O.CC(C)CC(NC(=O)CNC(=O)C(CCCN=C(N)N)NC(=O)CNC(=O)C(CCCCN)NC(=O)CN)C(=O)NC(CO)C(=O)NC(CC(C)C)C(=O)NC(CO)C(=O)NC(C)C(=O)NC(Cc1ccccc1)C(=O)NC(CO)C(=O)NC(Cc1c[nH]c2ccccc12)C(=O)NCC(=O)NC(C)C(=O)O. The summed E-state index contributed by atoms with van der Waals surface area (Å²) < 4.78 is 0. The number of aliphatic imine (C=N–C) groups is 1. The molecule has 0 aliphatic heterocycles. The minimum Gasteiger partial charge on any atom is -0.481 e. The number of para-hydroxylation sites is 1. The highest BCUT2D eigenvalue weighted by Crippen LogP contribution is 2.20. The maximum Gasteiger partial charge on any atom is 0.325 e. The summed E-state index contributed by atoms with van der Waals surface area (Å²) in [6.07, 6.45) is 2.30. The minimum absolute atomic E-state index is 0.0373. The van der Waals surface area contributed by atoms with Gasteiger partial charge >= 0.3 is 5.97 Å². The second-order valence-corrected chi connectivity index (χ2v) is 26.3. The minimum atomic E-state index is -1.80. The number of aliphatic hydroxyl groups is 3. The van der Waals surface area contributed by atoms with Crippen molar-refractivity contribution < 1.29 is 102 Å². The Morgan fingerprint density at radius 1 is 0.427 bits per heavy atom. The molecule has 2 aromatic carbocycles. The average Bonchev–Trinajstić information content (AvgIpc) is 1.67. The molecule has 0 saturated heterocycles. The van der Waals surface area contributed by atoms with Crippen LogP contribution in [0.25, 0.3) is 10.9 Å². The van der Waals surface area contributed by atoms with Crippen molar-refractivity contribution in [3.8, 4) is 0 Å². The van der Waals surface area contributed by atoms with Gasteiger partial charge in [0.15, 0.2) is 5.96 Å². The van der Waals surface area contributed by atoms with Crippen molar-refractivity contribution in [3.63, 3.8) is 0 Å². The van der Waals surface area contributed by atoms with Gasteiger partial charge in [-0.1, -0.05) is 76.2 Å². The van der Waals surface area contributed by atoms with Crippen LogP contribution in [0.1, 0.15) is 105 Å². The number of nitrogens with two attached hydrogens (primary N) is 4. The van der Waals surface area contributed by atoms with Gasteiger partial charge < -0.3 is 128 Å². The number of rotatable bonds is 48. The van der Waals surface area contributed by atoms with Crippen LogP contribution in [-0.2, 0) is 89.6 Å². The van der Waals surface area contributed by atoms with Crippen molar-refractivity contribution in [2.45, 2.75) is 173 Å². The Bertz CT molecular complexity index is 3610. The van der Waals surface area contributed by atoms with Gasteiger partial charge in [-0.2, -0.15) is 0 Å². The molecule has 28 N–H and O–H groups in total. The molecular weight excluding hydrogens is 1440 g/mol. The largest absolute Gasteiger partial charge is 0.481 e. The van der Waals surface area contributed by atoms with Crippen LogP contribution in [0.2, 0.25) is 0 Å². The van der Waals surface area contributed by atoms with E-state index in [4.69, 9.17) is 32.8 Å². The summed E-state index contributed by atoms with van der Waals surface area (Å²) in [5.74, 6) is -16.1. The zero-order chi connectivity index (χ0) is 82.7. The topological polar surface area (TPSA) is 675 Å². The van der Waals surface area contributed by atoms with E-state index in [1.165, 1.54) is 13.8 Å². The molecule has 0 bridgehead atoms. The highest BCUT2D eigenvalue weighted by Gasteiger charge is 2.36. The number of carbonyl (C=O) groups is 16. The molecule has 3 aromatic rings. The number of aliphatic carboxylic acids is 2. The second kappa shape index (κ2) is 50.2. The highest BCUT2D eigenvalue weighted by molar-refractivity contribution is 6.00. The van der Waals surface area contributed by atoms with Crippen LogP contribution >= 0.6 is 0 Å². The molecule has 0 aliphatic carbocycles. The first-order valence-corrected chi connectivity index (χ1v) is 35.4. The normalized spacial score (nSPS) is 13.9. The molecule has 0 saturated carbocycles. The number of aromatic nitrogens is 1. The number of unbranched alkanes of at least 4 members (excludes halogenated alkanes) is 1. The Morgan fingerprint density at radius 3 is 1.29 bits per heavy atom. The van der Waals surface area contributed by atoms with Gasteiger partial charge in [-0.05, 0) is 94.4 Å². The van der Waals surface area contributed by atoms with Gasteiger partial charge in [0.1, 0.15) is 66.5 Å². The van der Waals surface area contributed by atoms with E-state index in [2.05, 4.69) is 84.4 Å². The number of fused-ring (bicyclic) bond motifs is 1. The Labute approximate surface area is 634 Å². The number of hydrogen-bond donors (Lipinski definition) is 24. The third-order valence-corrected chi connectivity index (χ3v) is 15.9. The van der Waals surface area contributed by atoms with E-state index < -0.39 is 207 Å². The molecule has 610 valence electrons. The van der Waals surface area contributed by atoms with Gasteiger partial charge in [0, 0.05) is 43.4 Å². The Balaban J connectivity index is 0.0000100. The zero-order valence-corrected chi connectivity index (χ0v) is 62.5. The number of nitrogens with one attached hydrogen (secondary N) is 15. The number of hydrogen-bond acceptors (Lipinski definition) is 22. The van der Waals surface area contributed by atoms with Gasteiger partial charge in [0.2, 0.25) is 82.7 Å². The summed E-state index contributed by atoms with van der Waals surface area (Å²) in [5.41, 5.74) is 23.5. The number of aliphatic hydroxyl groups excluding tert-OH is 3. The summed E-state index contributed by atoms with van der Waals surface area (Å²) in [5, 5.41) is 82.3. The molecule has 41 nitrogen and oxygen atoms in total. The van der Waals surface area contributed by atoms with Gasteiger partial charge in [-0.3, -0.25) is 81.7 Å². The number of carboxylic acid groups (broad SMARTS) is 2. The lowest BCUT2D eigenvalue weighted by Crippen LogP contribution is -2.61. The number of carbonyl (C=O) groups excluding carboxylic acids is 14. The van der Waals surface area contributed by atoms with E-state index in [0.29, 0.717) is 41.4 Å². The number of nitrogens with zero attached hydrogens (tertiary/aromatic N) is 1. The standard InChI is InChI=1S/C67H104N20O19.C2H4O2/c1-35(2)23-45(81-55(94)31-75-58(97)44(20-14-22-72-67(70)71)80-54(93)30-74-57(96)43(19-12-13-21-68)79-52(91)27-69)60(99)86-50(33-89)64(103)83-46(24-36(3)4)61(100)85-49(32-88)63(102)78-37(5)56(95)82-47(25-39-15-8-7-9-16-39)62(101)87-51(34-90)65(104)84-48(26-40-28-73-42-18-11-10-17-41(40)42)59(98)76-29-53(92)77-38(6)66(105)106;1-2(3)4/h7-11,15-18,28,35-38,43-51,73,88-90H,12-14,19-27,29-34,68-69H2,1-6H3,(H,74,96)(H,75,97)(H,76,98)(H,77,92)(H,78,102)(H,79,91)(H,80,93)(H,81,94)(H,82,95)(H,83,103)(H,84,104)(H,85,100)(H,86,99)(H,87,101)(H,105,106)(H4,70,71,72);1H3,(H,3,4). The van der Waals surface area contributed by atoms with Gasteiger partial charge in [-0.15, -0.1) is 0 Å². The summed E-state index contributed by atoms with van der Waals surface area (Å²) in [6.45, 7) is 5.01. The number of amides is 14. The summed E-state index contributed by atoms with van der Waals surface area (Å²) in [6, 6.07) is -1.21. The Kier molecular flexibility index (Phi) is 43.2. The fraction of sp³-hybridized carbons (Fsp3) is 0.551. The highest BCUT2D eigenvalue weighted by atomic mass is 16.4. The number of H-pyrrole nitrogens is 1. The number of guanidine groups is 1. The lowest BCUT2D eigenvalue weighted by Gasteiger charge is -2.27. The van der Waals surface area contributed by atoms with E-state index in [9.17, 15) is 92.3 Å². The predicted octanol–water partition coefficient (Wildman–Crippen LogP) is -7.94. The number of benzene rings is 2. The maximum absolute atomic E-state index is 14.2. The fourth-order valence-corrected chi connectivity index (χ4v) is 10.3. The third kappa shape index (κ3) is 36.4. The van der Waals surface area contributed by atoms with Crippen molar-refractivity contribution in [3.05, 3.63) is 71.9 Å². The van der Waals surface area contributed by atoms with Crippen LogP contribution in [0.3, 0.4) is 0 Å². The van der Waals surface area contributed by atoms with Crippen LogP contribution < -0.4 is 97.4 Å². The first-order chi connectivity index (χ1) is 52.0. The Hall–Kier alpha value is -11.4. The van der Waals surface area contributed by atoms with E-state index in [1.807, 2.05) is 0 Å². The molecule has 3 rings (SSSR count). The monoisotopic (exact) mass is 1550 g/mol. The van der Waals surface area contributed by atoms with E-state index in [1.54, 1.807) is 88.5 Å². The molecule has 1 aromatic heterocycles. The molecule has 0 radical (unpaired) electrons. The molecule has 14 amide bonds. The molecule has 41 heteroatoms. The van der Waals surface area contributed by atoms with Crippen LogP contribution in [0, 0.1) is 11.8 Å². The molecule has 11 atom stereocenters. The Morgan fingerprint density at radius 2 is 0.818 bits per heavy atom. The first-order valence-electron chi connectivity index (χ1n) is 35.4. The van der Waals surface area contributed by atoms with Crippen LogP contribution in [-0.4, -0.2) is 257 Å².